The Bertz CT molecular complexity index is 447. The van der Waals surface area contributed by atoms with Crippen molar-refractivity contribution in [2.75, 3.05) is 20.3 Å². The lowest BCUT2D eigenvalue weighted by molar-refractivity contribution is -0.139. The number of hydrogen-bond donors (Lipinski definition) is 0. The van der Waals surface area contributed by atoms with E-state index in [4.69, 9.17) is 9.26 Å². The molecule has 0 N–H and O–H groups in total. The number of nitrogens with zero attached hydrogens (tertiary/aromatic N) is 3. The lowest BCUT2D eigenvalue weighted by Crippen LogP contribution is -2.40. The Morgan fingerprint density at radius 1 is 1.55 bits per heavy atom. The predicted molar refractivity (Wildman–Crippen MR) is 73.2 cm³/mol. The van der Waals surface area contributed by atoms with Crippen LogP contribution in [0.4, 0.5) is 0 Å². The van der Waals surface area contributed by atoms with Crippen molar-refractivity contribution in [3.63, 3.8) is 0 Å². The van der Waals surface area contributed by atoms with Crippen molar-refractivity contribution in [2.45, 2.75) is 51.5 Å². The number of methoxy groups -OCH3 is 1. The molecule has 6 nitrogen and oxygen atoms in total. The molecule has 2 rings (SSSR count). The Labute approximate surface area is 119 Å². The van der Waals surface area contributed by atoms with Gasteiger partial charge in [0, 0.05) is 19.6 Å². The van der Waals surface area contributed by atoms with Crippen molar-refractivity contribution in [3.8, 4) is 0 Å². The van der Waals surface area contributed by atoms with Gasteiger partial charge in [-0.25, -0.2) is 0 Å². The molecule has 0 saturated carbocycles. The normalized spacial score (nSPS) is 20.9. The highest BCUT2D eigenvalue weighted by Gasteiger charge is 2.32. The van der Waals surface area contributed by atoms with Crippen LogP contribution >= 0.6 is 0 Å². The van der Waals surface area contributed by atoms with Gasteiger partial charge < -0.3 is 14.2 Å². The molecule has 0 bridgehead atoms. The van der Waals surface area contributed by atoms with Crippen molar-refractivity contribution in [1.29, 1.82) is 0 Å². The quantitative estimate of drug-likeness (QED) is 0.828. The minimum Gasteiger partial charge on any atom is -0.375 e. The molecule has 20 heavy (non-hydrogen) atoms. The predicted octanol–water partition coefficient (Wildman–Crippen LogP) is 2.28. The van der Waals surface area contributed by atoms with Gasteiger partial charge in [0.25, 0.3) is 0 Å². The molecule has 6 heteroatoms. The average molecular weight is 281 g/mol. The van der Waals surface area contributed by atoms with Crippen molar-refractivity contribution in [3.05, 3.63) is 11.7 Å². The van der Waals surface area contributed by atoms with Crippen LogP contribution in [-0.2, 0) is 9.53 Å². The van der Waals surface area contributed by atoms with Gasteiger partial charge in [-0.1, -0.05) is 19.0 Å². The molecule has 0 spiro atoms. The van der Waals surface area contributed by atoms with Crippen LogP contribution < -0.4 is 0 Å². The molecule has 1 aromatic rings. The number of hydrogen-bond acceptors (Lipinski definition) is 5. The zero-order chi connectivity index (χ0) is 14.5. The molecular weight excluding hydrogens is 258 g/mol. The van der Waals surface area contributed by atoms with E-state index in [2.05, 4.69) is 24.0 Å². The largest absolute Gasteiger partial charge is 0.375 e. The van der Waals surface area contributed by atoms with Crippen LogP contribution in [0.1, 0.15) is 63.2 Å². The number of likely N-dealkylation sites (tertiary alicyclic amines) is 1. The van der Waals surface area contributed by atoms with E-state index in [0.29, 0.717) is 5.89 Å². The molecule has 2 atom stereocenters. The highest BCUT2D eigenvalue weighted by atomic mass is 16.5. The van der Waals surface area contributed by atoms with E-state index >= 15 is 0 Å². The van der Waals surface area contributed by atoms with Gasteiger partial charge in [0.2, 0.25) is 11.8 Å². The molecule has 112 valence electrons. The molecule has 0 radical (unpaired) electrons. The van der Waals surface area contributed by atoms with Gasteiger partial charge in [-0.15, -0.1) is 0 Å². The van der Waals surface area contributed by atoms with E-state index < -0.39 is 0 Å². The highest BCUT2D eigenvalue weighted by Crippen LogP contribution is 2.30. The average Bonchev–Trinajstić information content (AvgIpc) is 2.96. The number of rotatable bonds is 5. The number of carbonyl (C=O) groups excluding carboxylic acids is 1. The van der Waals surface area contributed by atoms with Crippen LogP contribution in [0.15, 0.2) is 4.52 Å². The molecule has 0 unspecified atom stereocenters. The topological polar surface area (TPSA) is 68.5 Å². The zero-order valence-electron chi connectivity index (χ0n) is 12.5. The smallest absolute Gasteiger partial charge is 0.249 e. The molecule has 1 saturated heterocycles. The van der Waals surface area contributed by atoms with Gasteiger partial charge >= 0.3 is 0 Å². The molecule has 1 aromatic heterocycles. The molecule has 1 fully saturated rings. The first-order chi connectivity index (χ1) is 9.67. The van der Waals surface area contributed by atoms with E-state index in [1.54, 1.807) is 4.90 Å². The monoisotopic (exact) mass is 281 g/mol. The first kappa shape index (κ1) is 15.0. The second-order valence-electron chi connectivity index (χ2n) is 5.33. The summed E-state index contributed by atoms with van der Waals surface area (Å²) < 4.78 is 10.3. The van der Waals surface area contributed by atoms with Crippen LogP contribution in [0.2, 0.25) is 0 Å². The van der Waals surface area contributed by atoms with Gasteiger partial charge in [-0.05, 0) is 25.7 Å². The third-order valence-electron chi connectivity index (χ3n) is 3.89. The zero-order valence-corrected chi connectivity index (χ0v) is 12.5. The summed E-state index contributed by atoms with van der Waals surface area (Å²) in [5.41, 5.74) is 0. The fourth-order valence-electron chi connectivity index (χ4n) is 2.46. The van der Waals surface area contributed by atoms with Gasteiger partial charge in [-0.2, -0.15) is 4.98 Å². The Morgan fingerprint density at radius 3 is 3.05 bits per heavy atom. The minimum absolute atomic E-state index is 0.0134. The fraction of sp³-hybridized carbons (Fsp3) is 0.786. The molecule has 0 aliphatic carbocycles. The van der Waals surface area contributed by atoms with E-state index in [1.165, 1.54) is 7.11 Å². The molecule has 1 amide bonds. The summed E-state index contributed by atoms with van der Waals surface area (Å²) in [5, 5.41) is 4.05. The Morgan fingerprint density at radius 2 is 2.35 bits per heavy atom. The van der Waals surface area contributed by atoms with Crippen molar-refractivity contribution in [2.24, 2.45) is 0 Å². The second-order valence-corrected chi connectivity index (χ2v) is 5.33. The second kappa shape index (κ2) is 6.83. The Hall–Kier alpha value is -1.43. The van der Waals surface area contributed by atoms with Crippen LogP contribution in [0, 0.1) is 0 Å². The standard InChI is InChI=1S/C14H23N3O3/c1-4-10(2)13-15-14(20-16-13)11-7-5-6-8-17(11)12(18)9-19-3/h10-11H,4-9H2,1-3H3/t10-,11-/m1/s1. The van der Waals surface area contributed by atoms with Gasteiger partial charge in [0.1, 0.15) is 12.6 Å². The minimum atomic E-state index is -0.100. The van der Waals surface area contributed by atoms with Crippen molar-refractivity contribution >= 4 is 5.91 Å². The third kappa shape index (κ3) is 3.17. The molecular formula is C14H23N3O3. The summed E-state index contributed by atoms with van der Waals surface area (Å²) in [6, 6.07) is -0.100. The maximum absolute atomic E-state index is 12.1. The summed E-state index contributed by atoms with van der Waals surface area (Å²) >= 11 is 0. The SMILES string of the molecule is CC[C@@H](C)c1noc([C@H]2CCCCN2C(=O)COC)n1. The molecule has 0 aromatic carbocycles. The van der Waals surface area contributed by atoms with E-state index in [-0.39, 0.29) is 24.5 Å². The summed E-state index contributed by atoms with van der Waals surface area (Å²) in [5.74, 6) is 1.55. The number of amides is 1. The van der Waals surface area contributed by atoms with Crippen LogP contribution in [-0.4, -0.2) is 41.2 Å². The maximum atomic E-state index is 12.1. The van der Waals surface area contributed by atoms with E-state index in [0.717, 1.165) is 38.1 Å². The van der Waals surface area contributed by atoms with Crippen LogP contribution in [0.3, 0.4) is 0 Å². The number of ether oxygens (including phenoxy) is 1. The Kier molecular flexibility index (Phi) is 5.11. The molecule has 1 aliphatic heterocycles. The third-order valence-corrected chi connectivity index (χ3v) is 3.89. The molecule has 1 aliphatic rings. The summed E-state index contributed by atoms with van der Waals surface area (Å²) in [6.07, 6.45) is 3.92. The van der Waals surface area contributed by atoms with Crippen LogP contribution in [0.5, 0.6) is 0 Å². The first-order valence-corrected chi connectivity index (χ1v) is 7.29. The number of carbonyl (C=O) groups is 1. The van der Waals surface area contributed by atoms with Crippen molar-refractivity contribution < 1.29 is 14.1 Å². The molecule has 2 heterocycles. The summed E-state index contributed by atoms with van der Waals surface area (Å²) in [7, 11) is 1.53. The van der Waals surface area contributed by atoms with E-state index in [1.807, 2.05) is 0 Å². The highest BCUT2D eigenvalue weighted by molar-refractivity contribution is 5.77. The number of aromatic nitrogens is 2. The fourth-order valence-corrected chi connectivity index (χ4v) is 2.46. The lowest BCUT2D eigenvalue weighted by Gasteiger charge is -2.33. The first-order valence-electron chi connectivity index (χ1n) is 7.29. The van der Waals surface area contributed by atoms with Gasteiger partial charge in [0.15, 0.2) is 5.82 Å². The summed E-state index contributed by atoms with van der Waals surface area (Å²) in [4.78, 5) is 18.4. The van der Waals surface area contributed by atoms with Crippen molar-refractivity contribution in [1.82, 2.24) is 15.0 Å². The van der Waals surface area contributed by atoms with Crippen LogP contribution in [0.25, 0.3) is 0 Å². The Balaban J connectivity index is 2.15. The number of piperidine rings is 1. The van der Waals surface area contributed by atoms with Gasteiger partial charge in [-0.3, -0.25) is 4.79 Å². The maximum Gasteiger partial charge on any atom is 0.249 e. The van der Waals surface area contributed by atoms with Gasteiger partial charge in [0.05, 0.1) is 0 Å². The lowest BCUT2D eigenvalue weighted by atomic mass is 10.0. The summed E-state index contributed by atoms with van der Waals surface area (Å²) in [6.45, 7) is 5.00. The van der Waals surface area contributed by atoms with E-state index in [9.17, 15) is 4.79 Å².